The number of ether oxygens (including phenoxy) is 3. The van der Waals surface area contributed by atoms with Crippen LogP contribution in [-0.4, -0.2) is 31.7 Å². The molecule has 0 radical (unpaired) electrons. The number of methoxy groups -OCH3 is 1. The molecule has 0 aliphatic carbocycles. The van der Waals surface area contributed by atoms with Crippen molar-refractivity contribution in [3.8, 4) is 11.5 Å². The summed E-state index contributed by atoms with van der Waals surface area (Å²) in [5.41, 5.74) is 1.01. The van der Waals surface area contributed by atoms with E-state index in [0.717, 1.165) is 0 Å². The van der Waals surface area contributed by atoms with E-state index in [2.05, 4.69) is 5.32 Å². The van der Waals surface area contributed by atoms with Crippen LogP contribution in [0, 0.1) is 0 Å². The Labute approximate surface area is 153 Å². The molecule has 0 aliphatic heterocycles. The Bertz CT molecular complexity index is 742. The zero-order valence-electron chi connectivity index (χ0n) is 15.2. The second-order valence-corrected chi connectivity index (χ2v) is 5.45. The van der Waals surface area contributed by atoms with Crippen LogP contribution in [0.1, 0.15) is 30.6 Å². The largest absolute Gasteiger partial charge is 0.493 e. The molecule has 1 atom stereocenters. The molecule has 0 heterocycles. The molecule has 6 nitrogen and oxygen atoms in total. The van der Waals surface area contributed by atoms with E-state index < -0.39 is 12.1 Å². The van der Waals surface area contributed by atoms with Crippen molar-refractivity contribution in [1.82, 2.24) is 0 Å². The lowest BCUT2D eigenvalue weighted by atomic mass is 10.2. The number of anilines is 1. The van der Waals surface area contributed by atoms with E-state index in [4.69, 9.17) is 14.2 Å². The van der Waals surface area contributed by atoms with Crippen LogP contribution >= 0.6 is 0 Å². The third kappa shape index (κ3) is 4.99. The number of amides is 1. The molecule has 0 fully saturated rings. The molecule has 2 rings (SSSR count). The molecule has 0 saturated heterocycles. The lowest BCUT2D eigenvalue weighted by molar-refractivity contribution is -0.122. The molecule has 0 aliphatic rings. The van der Waals surface area contributed by atoms with Crippen molar-refractivity contribution in [2.45, 2.75) is 26.4 Å². The van der Waals surface area contributed by atoms with E-state index in [0.29, 0.717) is 35.8 Å². The number of esters is 1. The number of benzene rings is 2. The Balaban J connectivity index is 2.03. The maximum absolute atomic E-state index is 12.5. The van der Waals surface area contributed by atoms with E-state index in [1.165, 1.54) is 0 Å². The van der Waals surface area contributed by atoms with Gasteiger partial charge in [-0.3, -0.25) is 4.79 Å². The Hall–Kier alpha value is -3.02. The second kappa shape index (κ2) is 9.46. The van der Waals surface area contributed by atoms with Crippen molar-refractivity contribution in [3.63, 3.8) is 0 Å². The monoisotopic (exact) mass is 357 g/mol. The van der Waals surface area contributed by atoms with Gasteiger partial charge in [0.05, 0.1) is 19.3 Å². The number of carbonyl (C=O) groups excluding carboxylic acids is 2. The Morgan fingerprint density at radius 2 is 1.65 bits per heavy atom. The minimum Gasteiger partial charge on any atom is -0.493 e. The highest BCUT2D eigenvalue weighted by Gasteiger charge is 2.20. The summed E-state index contributed by atoms with van der Waals surface area (Å²) in [5, 5.41) is 2.79. The maximum atomic E-state index is 12.5. The number of para-hydroxylation sites is 2. The molecule has 6 heteroatoms. The van der Waals surface area contributed by atoms with Crippen LogP contribution in [0.3, 0.4) is 0 Å². The van der Waals surface area contributed by atoms with Gasteiger partial charge in [0.15, 0.2) is 17.6 Å². The number of hydrogen-bond donors (Lipinski definition) is 1. The minimum absolute atomic E-state index is 0.276. The summed E-state index contributed by atoms with van der Waals surface area (Å²) in [5.74, 6) is 0.408. The SMILES string of the molecule is CCOC(=O)c1ccc(NC(=O)C(CC)Oc2ccccc2OC)cc1. The van der Waals surface area contributed by atoms with Gasteiger partial charge in [0.25, 0.3) is 5.91 Å². The van der Waals surface area contributed by atoms with Gasteiger partial charge >= 0.3 is 5.97 Å². The highest BCUT2D eigenvalue weighted by Crippen LogP contribution is 2.27. The first-order valence-electron chi connectivity index (χ1n) is 8.46. The number of nitrogens with one attached hydrogen (secondary N) is 1. The molecule has 0 aromatic heterocycles. The van der Waals surface area contributed by atoms with Crippen LogP contribution in [0.15, 0.2) is 48.5 Å². The van der Waals surface area contributed by atoms with Crippen molar-refractivity contribution in [3.05, 3.63) is 54.1 Å². The summed E-state index contributed by atoms with van der Waals surface area (Å²) in [4.78, 5) is 24.2. The fourth-order valence-corrected chi connectivity index (χ4v) is 2.32. The van der Waals surface area contributed by atoms with Crippen LogP contribution in [0.5, 0.6) is 11.5 Å². The minimum atomic E-state index is -0.670. The average molecular weight is 357 g/mol. The fourth-order valence-electron chi connectivity index (χ4n) is 2.32. The van der Waals surface area contributed by atoms with Gasteiger partial charge in [-0.05, 0) is 49.7 Å². The molecular formula is C20H23NO5. The van der Waals surface area contributed by atoms with E-state index in [1.807, 2.05) is 19.1 Å². The van der Waals surface area contributed by atoms with Gasteiger partial charge in [0.1, 0.15) is 0 Å². The van der Waals surface area contributed by atoms with E-state index >= 15 is 0 Å². The van der Waals surface area contributed by atoms with Crippen LogP contribution in [0.4, 0.5) is 5.69 Å². The van der Waals surface area contributed by atoms with Gasteiger partial charge in [0.2, 0.25) is 0 Å². The average Bonchev–Trinajstić information content (AvgIpc) is 2.67. The van der Waals surface area contributed by atoms with E-state index in [-0.39, 0.29) is 5.91 Å². The first-order valence-corrected chi connectivity index (χ1v) is 8.46. The molecule has 0 spiro atoms. The molecule has 26 heavy (non-hydrogen) atoms. The predicted molar refractivity (Wildman–Crippen MR) is 98.7 cm³/mol. The normalized spacial score (nSPS) is 11.3. The smallest absolute Gasteiger partial charge is 0.338 e. The highest BCUT2D eigenvalue weighted by molar-refractivity contribution is 5.95. The Morgan fingerprint density at radius 3 is 2.23 bits per heavy atom. The molecule has 138 valence electrons. The number of hydrogen-bond acceptors (Lipinski definition) is 5. The van der Waals surface area contributed by atoms with Crippen LogP contribution in [0.25, 0.3) is 0 Å². The van der Waals surface area contributed by atoms with Crippen molar-refractivity contribution < 1.29 is 23.8 Å². The highest BCUT2D eigenvalue weighted by atomic mass is 16.5. The van der Waals surface area contributed by atoms with Crippen molar-refractivity contribution in [1.29, 1.82) is 0 Å². The van der Waals surface area contributed by atoms with Gasteiger partial charge < -0.3 is 19.5 Å². The summed E-state index contributed by atoms with van der Waals surface area (Å²) < 4.78 is 16.0. The quantitative estimate of drug-likeness (QED) is 0.730. The van der Waals surface area contributed by atoms with Crippen LogP contribution < -0.4 is 14.8 Å². The fraction of sp³-hybridized carbons (Fsp3) is 0.300. The third-order valence-corrected chi connectivity index (χ3v) is 3.67. The van der Waals surface area contributed by atoms with Gasteiger partial charge in [-0.1, -0.05) is 19.1 Å². The number of carbonyl (C=O) groups is 2. The standard InChI is InChI=1S/C20H23NO5/c1-4-16(26-18-9-7-6-8-17(18)24-3)19(22)21-15-12-10-14(11-13-15)20(23)25-5-2/h6-13,16H,4-5H2,1-3H3,(H,21,22). The van der Waals surface area contributed by atoms with E-state index in [1.54, 1.807) is 50.4 Å². The van der Waals surface area contributed by atoms with Crippen LogP contribution in [-0.2, 0) is 9.53 Å². The van der Waals surface area contributed by atoms with Crippen molar-refractivity contribution >= 4 is 17.6 Å². The summed E-state index contributed by atoms with van der Waals surface area (Å²) in [6, 6.07) is 13.7. The second-order valence-electron chi connectivity index (χ2n) is 5.45. The van der Waals surface area contributed by atoms with Gasteiger partial charge in [-0.2, -0.15) is 0 Å². The van der Waals surface area contributed by atoms with E-state index in [9.17, 15) is 9.59 Å². The molecule has 0 bridgehead atoms. The van der Waals surface area contributed by atoms with Crippen LogP contribution in [0.2, 0.25) is 0 Å². The Kier molecular flexibility index (Phi) is 7.02. The summed E-state index contributed by atoms with van der Waals surface area (Å²) in [6.07, 6.45) is -0.179. The van der Waals surface area contributed by atoms with Crippen molar-refractivity contribution in [2.24, 2.45) is 0 Å². The molecule has 1 unspecified atom stereocenters. The van der Waals surface area contributed by atoms with Gasteiger partial charge in [-0.25, -0.2) is 4.79 Å². The maximum Gasteiger partial charge on any atom is 0.338 e. The first-order chi connectivity index (χ1) is 12.6. The third-order valence-electron chi connectivity index (χ3n) is 3.67. The summed E-state index contributed by atoms with van der Waals surface area (Å²) in [6.45, 7) is 3.93. The molecule has 2 aromatic rings. The molecule has 1 N–H and O–H groups in total. The summed E-state index contributed by atoms with van der Waals surface area (Å²) in [7, 11) is 1.55. The molecule has 0 saturated carbocycles. The topological polar surface area (TPSA) is 73.9 Å². The molecule has 1 amide bonds. The van der Waals surface area contributed by atoms with Crippen molar-refractivity contribution in [2.75, 3.05) is 19.0 Å². The predicted octanol–water partition coefficient (Wildman–Crippen LogP) is 3.67. The van der Waals surface area contributed by atoms with Gasteiger partial charge in [0, 0.05) is 5.69 Å². The lowest BCUT2D eigenvalue weighted by Gasteiger charge is -2.19. The Morgan fingerprint density at radius 1 is 1.00 bits per heavy atom. The van der Waals surface area contributed by atoms with Gasteiger partial charge in [-0.15, -0.1) is 0 Å². The first kappa shape index (κ1) is 19.3. The molecule has 2 aromatic carbocycles. The molecular weight excluding hydrogens is 334 g/mol. The summed E-state index contributed by atoms with van der Waals surface area (Å²) >= 11 is 0. The lowest BCUT2D eigenvalue weighted by Crippen LogP contribution is -2.32. The zero-order valence-corrected chi connectivity index (χ0v) is 15.2. The zero-order chi connectivity index (χ0) is 18.9. The number of rotatable bonds is 8.